The Balaban J connectivity index is 1.52. The predicted molar refractivity (Wildman–Crippen MR) is 117 cm³/mol. The van der Waals surface area contributed by atoms with Crippen molar-refractivity contribution in [2.45, 2.75) is 32.3 Å². The van der Waals surface area contributed by atoms with Gasteiger partial charge in [-0.05, 0) is 30.2 Å². The summed E-state index contributed by atoms with van der Waals surface area (Å²) in [6.45, 7) is 2.33. The summed E-state index contributed by atoms with van der Waals surface area (Å²) in [6.07, 6.45) is -1.01. The van der Waals surface area contributed by atoms with E-state index in [-0.39, 0.29) is 19.3 Å². The number of rotatable bonds is 8. The van der Waals surface area contributed by atoms with Crippen LogP contribution in [0.2, 0.25) is 0 Å². The summed E-state index contributed by atoms with van der Waals surface area (Å²) in [5.41, 5.74) is 4.96. The van der Waals surface area contributed by atoms with E-state index in [1.807, 2.05) is 59.2 Å². The second-order valence-corrected chi connectivity index (χ2v) is 7.47. The lowest BCUT2D eigenvalue weighted by Crippen LogP contribution is -2.24. The second kappa shape index (κ2) is 9.22. The lowest BCUT2D eigenvalue weighted by atomic mass is 10.0. The monoisotopic (exact) mass is 402 g/mol. The molecule has 1 aromatic heterocycles. The highest BCUT2D eigenvalue weighted by Gasteiger charge is 2.18. The molecule has 2 atom stereocenters. The van der Waals surface area contributed by atoms with Gasteiger partial charge in [-0.25, -0.2) is 4.98 Å². The zero-order valence-electron chi connectivity index (χ0n) is 17.0. The maximum absolute atomic E-state index is 10.7. The average Bonchev–Trinajstić information content (AvgIpc) is 3.13. The van der Waals surface area contributed by atoms with Crippen LogP contribution in [0.3, 0.4) is 0 Å². The Labute approximate surface area is 176 Å². The van der Waals surface area contributed by atoms with Crippen molar-refractivity contribution in [1.29, 1.82) is 0 Å². The highest BCUT2D eigenvalue weighted by atomic mass is 16.5. The minimum Gasteiger partial charge on any atom is -0.389 e. The quantitative estimate of drug-likeness (QED) is 0.467. The van der Waals surface area contributed by atoms with E-state index in [0.29, 0.717) is 12.4 Å². The molecule has 0 fully saturated rings. The zero-order valence-corrected chi connectivity index (χ0v) is 17.0. The summed E-state index contributed by atoms with van der Waals surface area (Å²) in [5.74, 6) is 0.536. The van der Waals surface area contributed by atoms with Gasteiger partial charge in [0.15, 0.2) is 0 Å². The van der Waals surface area contributed by atoms with Gasteiger partial charge in [-0.15, -0.1) is 0 Å². The van der Waals surface area contributed by atoms with Gasteiger partial charge in [0.1, 0.15) is 18.5 Å². The summed E-state index contributed by atoms with van der Waals surface area (Å²) in [6, 6.07) is 25.9. The molecular formula is C25H26N2O3. The van der Waals surface area contributed by atoms with E-state index < -0.39 is 6.10 Å². The predicted octanol–water partition coefficient (Wildman–Crippen LogP) is 4.00. The Morgan fingerprint density at radius 1 is 0.900 bits per heavy atom. The van der Waals surface area contributed by atoms with Crippen molar-refractivity contribution in [2.75, 3.05) is 6.61 Å². The third-order valence-electron chi connectivity index (χ3n) is 5.21. The summed E-state index contributed by atoms with van der Waals surface area (Å²) < 4.78 is 8.06. The number of nitrogens with zero attached hydrogens (tertiary/aromatic N) is 2. The van der Waals surface area contributed by atoms with Crippen molar-refractivity contribution in [3.8, 4) is 0 Å². The molecule has 0 spiro atoms. The smallest absolute Gasteiger partial charge is 0.135 e. The zero-order chi connectivity index (χ0) is 20.9. The molecule has 0 aliphatic carbocycles. The first-order chi connectivity index (χ1) is 14.7. The molecule has 0 amide bonds. The second-order valence-electron chi connectivity index (χ2n) is 7.47. The summed E-state index contributed by atoms with van der Waals surface area (Å²) >= 11 is 0. The van der Waals surface area contributed by atoms with Crippen molar-refractivity contribution >= 4 is 11.0 Å². The Kier molecular flexibility index (Phi) is 6.23. The van der Waals surface area contributed by atoms with Crippen molar-refractivity contribution < 1.29 is 14.9 Å². The first-order valence-corrected chi connectivity index (χ1v) is 10.1. The van der Waals surface area contributed by atoms with Crippen molar-refractivity contribution in [3.63, 3.8) is 0 Å². The Bertz CT molecular complexity index is 1090. The molecule has 2 N–H and O–H groups in total. The largest absolute Gasteiger partial charge is 0.389 e. The lowest BCUT2D eigenvalue weighted by Gasteiger charge is -2.22. The summed E-state index contributed by atoms with van der Waals surface area (Å²) in [4.78, 5) is 4.44. The number of para-hydroxylation sites is 2. The standard InChI is InChI=1S/C25H26N2O3/c1-18-11-13-20(14-12-18)25(19-7-3-2-4-8-19)30-17-21(29)15-27-23-10-6-5-9-22(23)26-24(27)16-28/h2-14,21,25,28-29H,15-17H2,1H3/t21-,25+/m1/s1. The molecular weight excluding hydrogens is 376 g/mol. The van der Waals surface area contributed by atoms with Gasteiger partial charge in [-0.1, -0.05) is 72.3 Å². The van der Waals surface area contributed by atoms with Crippen LogP contribution in [-0.4, -0.2) is 32.5 Å². The van der Waals surface area contributed by atoms with Crippen LogP contribution in [0.25, 0.3) is 11.0 Å². The minimum absolute atomic E-state index is 0.158. The van der Waals surface area contributed by atoms with E-state index in [1.165, 1.54) is 5.56 Å². The number of imidazole rings is 1. The number of ether oxygens (including phenoxy) is 1. The van der Waals surface area contributed by atoms with E-state index in [4.69, 9.17) is 4.74 Å². The van der Waals surface area contributed by atoms with Crippen LogP contribution in [0.1, 0.15) is 28.6 Å². The van der Waals surface area contributed by atoms with Gasteiger partial charge >= 0.3 is 0 Å². The van der Waals surface area contributed by atoms with Crippen molar-refractivity contribution in [2.24, 2.45) is 0 Å². The maximum Gasteiger partial charge on any atom is 0.135 e. The number of benzene rings is 3. The molecule has 5 heteroatoms. The van der Waals surface area contributed by atoms with Gasteiger partial charge in [0.05, 0.1) is 30.3 Å². The minimum atomic E-state index is -0.746. The van der Waals surface area contributed by atoms with E-state index >= 15 is 0 Å². The molecule has 0 aliphatic rings. The molecule has 0 radical (unpaired) electrons. The summed E-state index contributed by atoms with van der Waals surface area (Å²) in [7, 11) is 0. The molecule has 4 rings (SSSR count). The molecule has 1 heterocycles. The molecule has 0 saturated carbocycles. The molecule has 3 aromatic carbocycles. The van der Waals surface area contributed by atoms with Gasteiger partial charge in [-0.3, -0.25) is 0 Å². The number of aliphatic hydroxyl groups is 2. The highest BCUT2D eigenvalue weighted by molar-refractivity contribution is 5.75. The maximum atomic E-state index is 10.7. The number of fused-ring (bicyclic) bond motifs is 1. The molecule has 154 valence electrons. The van der Waals surface area contributed by atoms with Gasteiger partial charge in [0, 0.05) is 0 Å². The fourth-order valence-electron chi connectivity index (χ4n) is 3.67. The Hall–Kier alpha value is -2.99. The first-order valence-electron chi connectivity index (χ1n) is 10.1. The molecule has 30 heavy (non-hydrogen) atoms. The number of aliphatic hydroxyl groups excluding tert-OH is 2. The third-order valence-corrected chi connectivity index (χ3v) is 5.21. The molecule has 0 aliphatic heterocycles. The van der Waals surface area contributed by atoms with Gasteiger partial charge < -0.3 is 19.5 Å². The third kappa shape index (κ3) is 4.44. The van der Waals surface area contributed by atoms with Crippen molar-refractivity contribution in [1.82, 2.24) is 9.55 Å². The number of aryl methyl sites for hydroxylation is 1. The molecule has 4 aromatic rings. The number of hydrogen-bond acceptors (Lipinski definition) is 4. The van der Waals surface area contributed by atoms with Crippen LogP contribution >= 0.6 is 0 Å². The van der Waals surface area contributed by atoms with E-state index in [1.54, 1.807) is 0 Å². The Morgan fingerprint density at radius 3 is 2.30 bits per heavy atom. The molecule has 0 saturated heterocycles. The Morgan fingerprint density at radius 2 is 1.57 bits per heavy atom. The number of hydrogen-bond donors (Lipinski definition) is 2. The van der Waals surface area contributed by atoms with Crippen LogP contribution in [0.15, 0.2) is 78.9 Å². The van der Waals surface area contributed by atoms with E-state index in [9.17, 15) is 10.2 Å². The van der Waals surface area contributed by atoms with Gasteiger partial charge in [0.2, 0.25) is 0 Å². The van der Waals surface area contributed by atoms with Gasteiger partial charge in [-0.2, -0.15) is 0 Å². The molecule has 0 unspecified atom stereocenters. The fraction of sp³-hybridized carbons (Fsp3) is 0.240. The average molecular weight is 402 g/mol. The van der Waals surface area contributed by atoms with Crippen LogP contribution in [-0.2, 0) is 17.9 Å². The van der Waals surface area contributed by atoms with Gasteiger partial charge in [0.25, 0.3) is 0 Å². The lowest BCUT2D eigenvalue weighted by molar-refractivity contribution is -0.000735. The first kappa shape index (κ1) is 20.3. The number of aromatic nitrogens is 2. The SMILES string of the molecule is Cc1ccc([C@@H](OC[C@H](O)Cn2c(CO)nc3ccccc32)c2ccccc2)cc1. The normalized spacial score (nSPS) is 13.4. The van der Waals surface area contributed by atoms with Crippen LogP contribution in [0.5, 0.6) is 0 Å². The van der Waals surface area contributed by atoms with E-state index in [2.05, 4.69) is 36.2 Å². The van der Waals surface area contributed by atoms with Crippen molar-refractivity contribution in [3.05, 3.63) is 101 Å². The molecule has 0 bridgehead atoms. The summed E-state index contributed by atoms with van der Waals surface area (Å²) in [5, 5.41) is 20.4. The highest BCUT2D eigenvalue weighted by Crippen LogP contribution is 2.27. The fourth-order valence-corrected chi connectivity index (χ4v) is 3.67. The topological polar surface area (TPSA) is 67.5 Å². The van der Waals surface area contributed by atoms with Crippen LogP contribution in [0, 0.1) is 6.92 Å². The molecule has 5 nitrogen and oxygen atoms in total. The van der Waals surface area contributed by atoms with E-state index in [0.717, 1.165) is 22.2 Å². The van der Waals surface area contributed by atoms with Crippen LogP contribution in [0.4, 0.5) is 0 Å². The van der Waals surface area contributed by atoms with Crippen LogP contribution < -0.4 is 0 Å².